The maximum absolute atomic E-state index is 14.9. The number of para-hydroxylation sites is 3. The molecule has 0 radical (unpaired) electrons. The first-order valence-corrected chi connectivity index (χ1v) is 16.7. The first-order valence-electron chi connectivity index (χ1n) is 16.7. The molecular weight excluding hydrogens is 648 g/mol. The third-order valence-corrected chi connectivity index (χ3v) is 8.46. The van der Waals surface area contributed by atoms with Gasteiger partial charge in [-0.15, -0.1) is 0 Å². The molecule has 1 atom stereocenters. The molecule has 0 aliphatic carbocycles. The molecule has 0 bridgehead atoms. The summed E-state index contributed by atoms with van der Waals surface area (Å²) in [7, 11) is 1.57. The molecule has 5 aromatic rings. The van der Waals surface area contributed by atoms with Crippen LogP contribution in [-0.4, -0.2) is 63.9 Å². The van der Waals surface area contributed by atoms with Crippen LogP contribution in [0.25, 0.3) is 10.9 Å². The summed E-state index contributed by atoms with van der Waals surface area (Å²) in [5.74, 6) is -2.14. The van der Waals surface area contributed by atoms with Crippen molar-refractivity contribution in [3.05, 3.63) is 103 Å². The van der Waals surface area contributed by atoms with E-state index in [9.17, 15) is 19.2 Å². The number of ether oxygens (including phenoxy) is 2. The fraction of sp³-hybridized carbons (Fsp3) is 0.282. The second-order valence-corrected chi connectivity index (χ2v) is 13.5. The first kappa shape index (κ1) is 34.8. The van der Waals surface area contributed by atoms with Gasteiger partial charge in [0.15, 0.2) is 0 Å². The molecule has 0 spiro atoms. The van der Waals surface area contributed by atoms with E-state index in [0.29, 0.717) is 45.1 Å². The SMILES string of the molecule is COc1ccc(N(C(=O)CN2C(=O)C(Cc3nn(C(=O)OC(C)(C)C)c4ccccc34)C(=O)N(c3cccnc3)c3ccccc32)C(C)C)cc1. The van der Waals surface area contributed by atoms with Crippen molar-refractivity contribution in [2.24, 2.45) is 5.92 Å². The van der Waals surface area contributed by atoms with Crippen LogP contribution in [0.15, 0.2) is 97.3 Å². The monoisotopic (exact) mass is 688 g/mol. The van der Waals surface area contributed by atoms with Gasteiger partial charge in [-0.1, -0.05) is 30.3 Å². The van der Waals surface area contributed by atoms with Gasteiger partial charge < -0.3 is 19.3 Å². The van der Waals surface area contributed by atoms with Crippen LogP contribution in [0.1, 0.15) is 40.3 Å². The highest BCUT2D eigenvalue weighted by Gasteiger charge is 2.43. The molecule has 1 unspecified atom stereocenters. The number of benzene rings is 3. The van der Waals surface area contributed by atoms with Crippen LogP contribution in [0.5, 0.6) is 5.75 Å². The number of hydrogen-bond donors (Lipinski definition) is 0. The first-order chi connectivity index (χ1) is 24.4. The van der Waals surface area contributed by atoms with E-state index in [2.05, 4.69) is 10.1 Å². The highest BCUT2D eigenvalue weighted by Crippen LogP contribution is 2.40. The van der Waals surface area contributed by atoms with E-state index >= 15 is 0 Å². The summed E-state index contributed by atoms with van der Waals surface area (Å²) in [6, 6.07) is 24.4. The molecule has 0 fully saturated rings. The number of anilines is 4. The van der Waals surface area contributed by atoms with Gasteiger partial charge in [-0.2, -0.15) is 9.78 Å². The minimum absolute atomic E-state index is 0.157. The largest absolute Gasteiger partial charge is 0.497 e. The van der Waals surface area contributed by atoms with E-state index in [1.165, 1.54) is 9.80 Å². The zero-order valence-electron chi connectivity index (χ0n) is 29.4. The molecule has 6 rings (SSSR count). The van der Waals surface area contributed by atoms with Gasteiger partial charge in [-0.3, -0.25) is 24.3 Å². The summed E-state index contributed by atoms with van der Waals surface area (Å²) in [5, 5.41) is 5.20. The highest BCUT2D eigenvalue weighted by molar-refractivity contribution is 6.21. The summed E-state index contributed by atoms with van der Waals surface area (Å²) in [5.41, 5.74) is 1.94. The van der Waals surface area contributed by atoms with E-state index in [4.69, 9.17) is 9.47 Å². The molecule has 51 heavy (non-hydrogen) atoms. The van der Waals surface area contributed by atoms with Crippen molar-refractivity contribution >= 4 is 57.5 Å². The Kier molecular flexibility index (Phi) is 9.60. The number of rotatable bonds is 8. The van der Waals surface area contributed by atoms with Crippen LogP contribution in [0, 0.1) is 5.92 Å². The highest BCUT2D eigenvalue weighted by atomic mass is 16.6. The van der Waals surface area contributed by atoms with E-state index in [-0.39, 0.29) is 24.9 Å². The average molecular weight is 689 g/mol. The quantitative estimate of drug-likeness (QED) is 0.168. The van der Waals surface area contributed by atoms with Crippen molar-refractivity contribution in [3.63, 3.8) is 0 Å². The smallest absolute Gasteiger partial charge is 0.435 e. The molecule has 12 heteroatoms. The molecule has 0 saturated carbocycles. The van der Waals surface area contributed by atoms with Gasteiger partial charge in [0.2, 0.25) is 17.7 Å². The number of fused-ring (bicyclic) bond motifs is 2. The minimum atomic E-state index is -1.33. The summed E-state index contributed by atoms with van der Waals surface area (Å²) in [4.78, 5) is 65.9. The van der Waals surface area contributed by atoms with Crippen molar-refractivity contribution < 1.29 is 28.7 Å². The lowest BCUT2D eigenvalue weighted by atomic mass is 9.98. The van der Waals surface area contributed by atoms with E-state index < -0.39 is 29.4 Å². The van der Waals surface area contributed by atoms with Gasteiger partial charge in [-0.25, -0.2) is 4.79 Å². The molecule has 2 aromatic heterocycles. The third kappa shape index (κ3) is 7.03. The standard InChI is InChI=1S/C39H40N6O6/c1-25(2)43(26-17-19-28(50-6)20-18-26)35(46)24-42-33-15-9-10-16-34(33)44(27-12-11-21-40-23-27)37(48)30(36(42)47)22-31-29-13-7-8-14-32(29)45(41-31)38(49)51-39(3,4)5/h7-21,23,25,30H,22,24H2,1-6H3. The Balaban J connectivity index is 1.46. The van der Waals surface area contributed by atoms with E-state index in [1.807, 2.05) is 13.8 Å². The molecule has 3 aromatic carbocycles. The lowest BCUT2D eigenvalue weighted by Gasteiger charge is -2.31. The van der Waals surface area contributed by atoms with E-state index in [1.54, 1.807) is 130 Å². The van der Waals surface area contributed by atoms with Gasteiger partial charge in [0.05, 0.1) is 41.6 Å². The maximum atomic E-state index is 14.9. The summed E-state index contributed by atoms with van der Waals surface area (Å²) in [6.07, 6.45) is 2.30. The number of carbonyl (C=O) groups is 4. The van der Waals surface area contributed by atoms with Gasteiger partial charge in [-0.05, 0) is 89.2 Å². The van der Waals surface area contributed by atoms with Crippen molar-refractivity contribution in [1.82, 2.24) is 14.8 Å². The second kappa shape index (κ2) is 14.1. The second-order valence-electron chi connectivity index (χ2n) is 13.5. The normalized spacial score (nSPS) is 14.8. The lowest BCUT2D eigenvalue weighted by molar-refractivity contribution is -0.132. The Hall–Kier alpha value is -6.04. The molecule has 3 heterocycles. The number of nitrogens with zero attached hydrogens (tertiary/aromatic N) is 6. The van der Waals surface area contributed by atoms with Crippen LogP contribution < -0.4 is 19.4 Å². The average Bonchev–Trinajstić information content (AvgIpc) is 3.45. The fourth-order valence-electron chi connectivity index (χ4n) is 6.26. The third-order valence-electron chi connectivity index (χ3n) is 8.46. The summed E-state index contributed by atoms with van der Waals surface area (Å²) < 4.78 is 12.1. The zero-order chi connectivity index (χ0) is 36.4. The predicted molar refractivity (Wildman–Crippen MR) is 194 cm³/mol. The number of amides is 3. The van der Waals surface area contributed by atoms with Crippen LogP contribution in [0.4, 0.5) is 27.5 Å². The maximum Gasteiger partial charge on any atom is 0.435 e. The Morgan fingerprint density at radius 2 is 1.57 bits per heavy atom. The van der Waals surface area contributed by atoms with Crippen molar-refractivity contribution in [1.29, 1.82) is 0 Å². The van der Waals surface area contributed by atoms with Crippen LogP contribution in [-0.2, 0) is 25.5 Å². The van der Waals surface area contributed by atoms with Crippen molar-refractivity contribution in [2.75, 3.05) is 28.4 Å². The molecule has 12 nitrogen and oxygen atoms in total. The molecule has 262 valence electrons. The topological polar surface area (TPSA) is 127 Å². The molecular formula is C39H40N6O6. The van der Waals surface area contributed by atoms with Gasteiger partial charge in [0.25, 0.3) is 0 Å². The molecule has 0 saturated heterocycles. The van der Waals surface area contributed by atoms with Crippen molar-refractivity contribution in [2.45, 2.75) is 52.7 Å². The minimum Gasteiger partial charge on any atom is -0.497 e. The Labute approximate surface area is 296 Å². The Morgan fingerprint density at radius 3 is 2.22 bits per heavy atom. The fourth-order valence-corrected chi connectivity index (χ4v) is 6.26. The number of hydrogen-bond acceptors (Lipinski definition) is 8. The van der Waals surface area contributed by atoms with Gasteiger partial charge in [0, 0.05) is 29.7 Å². The Bertz CT molecular complexity index is 2090. The molecule has 1 aliphatic rings. The van der Waals surface area contributed by atoms with Gasteiger partial charge in [0.1, 0.15) is 23.8 Å². The van der Waals surface area contributed by atoms with Crippen LogP contribution in [0.2, 0.25) is 0 Å². The summed E-state index contributed by atoms with van der Waals surface area (Å²) >= 11 is 0. The zero-order valence-corrected chi connectivity index (χ0v) is 29.4. The molecule has 1 aliphatic heterocycles. The van der Waals surface area contributed by atoms with E-state index in [0.717, 1.165) is 4.68 Å². The number of aromatic nitrogens is 3. The Morgan fingerprint density at radius 1 is 0.882 bits per heavy atom. The molecule has 3 amide bonds. The molecule has 0 N–H and O–H groups in total. The van der Waals surface area contributed by atoms with Crippen LogP contribution in [0.3, 0.4) is 0 Å². The summed E-state index contributed by atoms with van der Waals surface area (Å²) in [6.45, 7) is 8.71. The van der Waals surface area contributed by atoms with Crippen LogP contribution >= 0.6 is 0 Å². The van der Waals surface area contributed by atoms with Gasteiger partial charge >= 0.3 is 6.09 Å². The lowest BCUT2D eigenvalue weighted by Crippen LogP contribution is -2.48. The number of methoxy groups -OCH3 is 1. The predicted octanol–water partition coefficient (Wildman–Crippen LogP) is 6.53. The number of pyridine rings is 1. The number of carbonyl (C=O) groups excluding carboxylic acids is 4. The van der Waals surface area contributed by atoms with Crippen molar-refractivity contribution in [3.8, 4) is 5.75 Å².